The summed E-state index contributed by atoms with van der Waals surface area (Å²) in [4.78, 5) is 4.12. The molecule has 1 saturated heterocycles. The van der Waals surface area contributed by atoms with Crippen molar-refractivity contribution in [1.29, 1.82) is 0 Å². The predicted octanol–water partition coefficient (Wildman–Crippen LogP) is 1.24. The van der Waals surface area contributed by atoms with Crippen molar-refractivity contribution < 1.29 is 4.42 Å². The maximum absolute atomic E-state index is 5.34. The highest BCUT2D eigenvalue weighted by atomic mass is 16.3. The van der Waals surface area contributed by atoms with E-state index in [0.29, 0.717) is 0 Å². The average Bonchev–Trinajstić information content (AvgIpc) is 2.77. The van der Waals surface area contributed by atoms with Gasteiger partial charge in [-0.25, -0.2) is 4.98 Å². The predicted molar refractivity (Wildman–Crippen MR) is 62.2 cm³/mol. The lowest BCUT2D eigenvalue weighted by Crippen LogP contribution is -2.54. The Morgan fingerprint density at radius 2 is 2.31 bits per heavy atom. The molecule has 0 saturated carbocycles. The zero-order valence-electron chi connectivity index (χ0n) is 9.29. The smallest absolute Gasteiger partial charge is 0.181 e. The van der Waals surface area contributed by atoms with Crippen LogP contribution < -0.4 is 10.6 Å². The van der Waals surface area contributed by atoms with E-state index in [1.807, 2.05) is 6.07 Å². The van der Waals surface area contributed by atoms with Crippen molar-refractivity contribution in [2.45, 2.75) is 12.5 Å². The van der Waals surface area contributed by atoms with Crippen LogP contribution in [0.4, 0.5) is 0 Å². The molecule has 4 heteroatoms. The molecule has 1 aromatic carbocycles. The lowest BCUT2D eigenvalue weighted by molar-refractivity contribution is 0.303. The van der Waals surface area contributed by atoms with Gasteiger partial charge in [-0.1, -0.05) is 6.07 Å². The van der Waals surface area contributed by atoms with E-state index in [-0.39, 0.29) is 5.54 Å². The molecule has 3 rings (SSSR count). The Hall–Kier alpha value is -1.39. The number of hydrogen-bond donors (Lipinski definition) is 2. The Balaban J connectivity index is 2.03. The number of aromatic nitrogens is 1. The number of nitrogens with one attached hydrogen (secondary N) is 2. The molecule has 1 aliphatic rings. The van der Waals surface area contributed by atoms with Gasteiger partial charge in [-0.3, -0.25) is 0 Å². The van der Waals surface area contributed by atoms with Gasteiger partial charge in [0.1, 0.15) is 5.52 Å². The van der Waals surface area contributed by atoms with E-state index in [1.165, 1.54) is 12.0 Å². The molecular formula is C12H15N3O. The van der Waals surface area contributed by atoms with Crippen molar-refractivity contribution in [3.05, 3.63) is 30.2 Å². The van der Waals surface area contributed by atoms with Gasteiger partial charge in [-0.15, -0.1) is 0 Å². The first-order valence-electron chi connectivity index (χ1n) is 5.57. The van der Waals surface area contributed by atoms with Crippen LogP contribution in [0.15, 0.2) is 29.0 Å². The van der Waals surface area contributed by atoms with Gasteiger partial charge < -0.3 is 15.1 Å². The van der Waals surface area contributed by atoms with Crippen LogP contribution in [0.25, 0.3) is 11.1 Å². The summed E-state index contributed by atoms with van der Waals surface area (Å²) in [6.07, 6.45) is 1.49. The highest BCUT2D eigenvalue weighted by Crippen LogP contribution is 2.24. The second kappa shape index (κ2) is 3.57. The minimum Gasteiger partial charge on any atom is -0.443 e. The van der Waals surface area contributed by atoms with E-state index in [0.717, 1.165) is 30.7 Å². The Morgan fingerprint density at radius 1 is 1.38 bits per heavy atom. The van der Waals surface area contributed by atoms with Gasteiger partial charge >= 0.3 is 0 Å². The highest BCUT2D eigenvalue weighted by molar-refractivity contribution is 5.73. The zero-order valence-corrected chi connectivity index (χ0v) is 9.29. The fourth-order valence-electron chi connectivity index (χ4n) is 2.23. The van der Waals surface area contributed by atoms with E-state index >= 15 is 0 Å². The van der Waals surface area contributed by atoms with Gasteiger partial charge in [-0.2, -0.15) is 0 Å². The summed E-state index contributed by atoms with van der Waals surface area (Å²) < 4.78 is 5.34. The summed E-state index contributed by atoms with van der Waals surface area (Å²) in [5.74, 6) is 0. The lowest BCUT2D eigenvalue weighted by Gasteiger charge is -2.36. The molecule has 4 nitrogen and oxygen atoms in total. The molecule has 1 fully saturated rings. The summed E-state index contributed by atoms with van der Waals surface area (Å²) in [6, 6.07) is 6.20. The summed E-state index contributed by atoms with van der Waals surface area (Å²) in [5, 5.41) is 6.95. The monoisotopic (exact) mass is 217 g/mol. The second-order valence-corrected chi connectivity index (χ2v) is 4.47. The number of nitrogens with zero attached hydrogens (tertiary/aromatic N) is 1. The maximum atomic E-state index is 5.34. The van der Waals surface area contributed by atoms with Crippen LogP contribution >= 0.6 is 0 Å². The molecule has 1 unspecified atom stereocenters. The van der Waals surface area contributed by atoms with E-state index in [1.54, 1.807) is 0 Å². The molecule has 0 spiro atoms. The molecule has 0 aliphatic carbocycles. The Kier molecular flexibility index (Phi) is 2.19. The third-order valence-electron chi connectivity index (χ3n) is 3.26. The summed E-state index contributed by atoms with van der Waals surface area (Å²) in [5.41, 5.74) is 2.99. The normalized spacial score (nSPS) is 26.1. The molecule has 0 amide bonds. The molecule has 2 aromatic rings. The fraction of sp³-hybridized carbons (Fsp3) is 0.417. The van der Waals surface area contributed by atoms with Crippen LogP contribution in [0, 0.1) is 0 Å². The van der Waals surface area contributed by atoms with Gasteiger partial charge in [0.05, 0.1) is 5.54 Å². The van der Waals surface area contributed by atoms with E-state index < -0.39 is 0 Å². The van der Waals surface area contributed by atoms with Crippen molar-refractivity contribution in [2.75, 3.05) is 19.6 Å². The van der Waals surface area contributed by atoms with Crippen molar-refractivity contribution >= 4 is 11.1 Å². The highest BCUT2D eigenvalue weighted by Gasteiger charge is 2.28. The van der Waals surface area contributed by atoms with Crippen LogP contribution in [-0.4, -0.2) is 24.6 Å². The molecule has 2 heterocycles. The van der Waals surface area contributed by atoms with Crippen molar-refractivity contribution in [3.8, 4) is 0 Å². The van der Waals surface area contributed by atoms with E-state index in [2.05, 4.69) is 34.7 Å². The molecule has 1 atom stereocenters. The summed E-state index contributed by atoms with van der Waals surface area (Å²) in [7, 11) is 0. The van der Waals surface area contributed by atoms with Gasteiger partial charge in [0, 0.05) is 19.6 Å². The number of rotatable bonds is 1. The number of piperazine rings is 1. The topological polar surface area (TPSA) is 50.1 Å². The van der Waals surface area contributed by atoms with Crippen LogP contribution in [0.1, 0.15) is 12.5 Å². The van der Waals surface area contributed by atoms with Crippen LogP contribution in [0.3, 0.4) is 0 Å². The third-order valence-corrected chi connectivity index (χ3v) is 3.26. The molecule has 0 radical (unpaired) electrons. The number of fused-ring (bicyclic) bond motifs is 1. The first-order valence-corrected chi connectivity index (χ1v) is 5.57. The molecule has 16 heavy (non-hydrogen) atoms. The van der Waals surface area contributed by atoms with Crippen molar-refractivity contribution in [1.82, 2.24) is 15.6 Å². The van der Waals surface area contributed by atoms with Crippen molar-refractivity contribution in [3.63, 3.8) is 0 Å². The van der Waals surface area contributed by atoms with Gasteiger partial charge in [0.2, 0.25) is 0 Å². The first-order chi connectivity index (χ1) is 7.78. The van der Waals surface area contributed by atoms with Crippen LogP contribution in [0.5, 0.6) is 0 Å². The number of hydrogen-bond acceptors (Lipinski definition) is 4. The van der Waals surface area contributed by atoms with Crippen LogP contribution in [0.2, 0.25) is 0 Å². The minimum absolute atomic E-state index is 0.0147. The number of benzene rings is 1. The molecular weight excluding hydrogens is 202 g/mol. The van der Waals surface area contributed by atoms with Gasteiger partial charge in [-0.05, 0) is 24.6 Å². The SMILES string of the molecule is CC1(c2ccc3ncoc3c2)CNCCN1. The lowest BCUT2D eigenvalue weighted by atomic mass is 9.90. The van der Waals surface area contributed by atoms with Crippen molar-refractivity contribution in [2.24, 2.45) is 0 Å². The fourth-order valence-corrected chi connectivity index (χ4v) is 2.23. The molecule has 0 bridgehead atoms. The summed E-state index contributed by atoms with van der Waals surface area (Å²) >= 11 is 0. The Labute approximate surface area is 94.0 Å². The van der Waals surface area contributed by atoms with E-state index in [4.69, 9.17) is 4.42 Å². The van der Waals surface area contributed by atoms with E-state index in [9.17, 15) is 0 Å². The number of oxazole rings is 1. The average molecular weight is 217 g/mol. The van der Waals surface area contributed by atoms with Crippen LogP contribution in [-0.2, 0) is 5.54 Å². The van der Waals surface area contributed by atoms with Gasteiger partial charge in [0.15, 0.2) is 12.0 Å². The summed E-state index contributed by atoms with van der Waals surface area (Å²) in [6.45, 7) is 5.16. The standard InChI is InChI=1S/C12H15N3O/c1-12(7-13-4-5-15-12)9-2-3-10-11(6-9)16-8-14-10/h2-3,6,8,13,15H,4-5,7H2,1H3. The molecule has 2 N–H and O–H groups in total. The first kappa shape index (κ1) is 9.81. The Morgan fingerprint density at radius 3 is 3.12 bits per heavy atom. The third kappa shape index (κ3) is 1.50. The Bertz CT molecular complexity index is 500. The van der Waals surface area contributed by atoms with Gasteiger partial charge in [0.25, 0.3) is 0 Å². The molecule has 84 valence electrons. The quantitative estimate of drug-likeness (QED) is 0.754. The second-order valence-electron chi connectivity index (χ2n) is 4.47. The largest absolute Gasteiger partial charge is 0.443 e. The maximum Gasteiger partial charge on any atom is 0.181 e. The zero-order chi connectivity index (χ0) is 11.0. The molecule has 1 aliphatic heterocycles. The molecule has 1 aromatic heterocycles. The minimum atomic E-state index is -0.0147.